The Labute approximate surface area is 103 Å². The van der Waals surface area contributed by atoms with Gasteiger partial charge in [-0.1, -0.05) is 6.42 Å². The molecule has 0 aromatic carbocycles. The van der Waals surface area contributed by atoms with Crippen LogP contribution in [-0.2, 0) is 4.79 Å². The first-order valence-electron chi connectivity index (χ1n) is 5.35. The summed E-state index contributed by atoms with van der Waals surface area (Å²) >= 11 is 3.34. The van der Waals surface area contributed by atoms with Crippen molar-refractivity contribution in [3.05, 3.63) is 22.8 Å². The van der Waals surface area contributed by atoms with Crippen LogP contribution in [0.4, 0.5) is 5.82 Å². The fraction of sp³-hybridized carbons (Fsp3) is 0.455. The standard InChI is InChI=1S/C11H14BrN3O/c12-8-4-2-6-14-10(8)15-11(16)7-3-1-5-9(7)13/h2,4,6-7,9H,1,3,5,13H2,(H,14,15,16). The average molecular weight is 284 g/mol. The van der Waals surface area contributed by atoms with Gasteiger partial charge in [-0.05, 0) is 40.9 Å². The van der Waals surface area contributed by atoms with Crippen LogP contribution in [0.5, 0.6) is 0 Å². The summed E-state index contributed by atoms with van der Waals surface area (Å²) in [5, 5.41) is 2.81. The van der Waals surface area contributed by atoms with Gasteiger partial charge in [0.1, 0.15) is 5.82 Å². The Balaban J connectivity index is 2.05. The van der Waals surface area contributed by atoms with Crippen LogP contribution < -0.4 is 11.1 Å². The van der Waals surface area contributed by atoms with Crippen molar-refractivity contribution in [2.75, 3.05) is 5.32 Å². The molecule has 1 heterocycles. The Morgan fingerprint density at radius 1 is 1.56 bits per heavy atom. The molecule has 86 valence electrons. The number of halogens is 1. The van der Waals surface area contributed by atoms with Crippen molar-refractivity contribution in [2.24, 2.45) is 11.7 Å². The largest absolute Gasteiger partial charge is 0.327 e. The van der Waals surface area contributed by atoms with E-state index in [1.54, 1.807) is 12.3 Å². The lowest BCUT2D eigenvalue weighted by Gasteiger charge is -2.15. The predicted octanol–water partition coefficient (Wildman–Crippen LogP) is 1.91. The van der Waals surface area contributed by atoms with Crippen molar-refractivity contribution in [2.45, 2.75) is 25.3 Å². The van der Waals surface area contributed by atoms with E-state index in [9.17, 15) is 4.79 Å². The quantitative estimate of drug-likeness (QED) is 0.871. The lowest BCUT2D eigenvalue weighted by molar-refractivity contribution is -0.120. The molecule has 1 saturated carbocycles. The van der Waals surface area contributed by atoms with Gasteiger partial charge in [0.25, 0.3) is 0 Å². The normalized spacial score (nSPS) is 24.4. The zero-order valence-corrected chi connectivity index (χ0v) is 10.4. The molecule has 2 atom stereocenters. The zero-order chi connectivity index (χ0) is 11.5. The maximum atomic E-state index is 11.9. The summed E-state index contributed by atoms with van der Waals surface area (Å²) in [5.41, 5.74) is 5.88. The molecule has 1 aliphatic rings. The number of aromatic nitrogens is 1. The molecule has 1 fully saturated rings. The molecular weight excluding hydrogens is 270 g/mol. The lowest BCUT2D eigenvalue weighted by Crippen LogP contribution is -2.34. The van der Waals surface area contributed by atoms with Crippen LogP contribution in [0.15, 0.2) is 22.8 Å². The van der Waals surface area contributed by atoms with Gasteiger partial charge in [0.15, 0.2) is 0 Å². The summed E-state index contributed by atoms with van der Waals surface area (Å²) in [6.07, 6.45) is 4.48. The Kier molecular flexibility index (Phi) is 3.56. The smallest absolute Gasteiger partial charge is 0.230 e. The summed E-state index contributed by atoms with van der Waals surface area (Å²) < 4.78 is 0.787. The van der Waals surface area contributed by atoms with Gasteiger partial charge in [-0.3, -0.25) is 4.79 Å². The zero-order valence-electron chi connectivity index (χ0n) is 8.82. The first-order chi connectivity index (χ1) is 7.68. The minimum Gasteiger partial charge on any atom is -0.327 e. The Bertz CT molecular complexity index is 397. The fourth-order valence-electron chi connectivity index (χ4n) is 2.00. The molecule has 1 aromatic rings. The van der Waals surface area contributed by atoms with E-state index in [0.29, 0.717) is 5.82 Å². The topological polar surface area (TPSA) is 68.0 Å². The monoisotopic (exact) mass is 283 g/mol. The minimum atomic E-state index is -0.0751. The Morgan fingerprint density at radius 3 is 3.00 bits per heavy atom. The van der Waals surface area contributed by atoms with E-state index in [2.05, 4.69) is 26.2 Å². The molecule has 2 rings (SSSR count). The first-order valence-corrected chi connectivity index (χ1v) is 6.15. The molecule has 1 amide bonds. The van der Waals surface area contributed by atoms with Gasteiger partial charge in [0, 0.05) is 12.2 Å². The molecule has 4 nitrogen and oxygen atoms in total. The summed E-state index contributed by atoms with van der Waals surface area (Å²) in [4.78, 5) is 16.0. The van der Waals surface area contributed by atoms with Crippen molar-refractivity contribution >= 4 is 27.7 Å². The van der Waals surface area contributed by atoms with Crippen LogP contribution >= 0.6 is 15.9 Å². The molecule has 1 aliphatic carbocycles. The molecule has 0 bridgehead atoms. The number of nitrogens with zero attached hydrogens (tertiary/aromatic N) is 1. The average Bonchev–Trinajstić information content (AvgIpc) is 2.68. The van der Waals surface area contributed by atoms with Crippen LogP contribution in [0, 0.1) is 5.92 Å². The second kappa shape index (κ2) is 4.93. The van der Waals surface area contributed by atoms with E-state index in [0.717, 1.165) is 23.7 Å². The third-order valence-electron chi connectivity index (χ3n) is 2.91. The number of hydrogen-bond donors (Lipinski definition) is 2. The van der Waals surface area contributed by atoms with Crippen molar-refractivity contribution in [1.82, 2.24) is 4.98 Å². The van der Waals surface area contributed by atoms with E-state index >= 15 is 0 Å². The van der Waals surface area contributed by atoms with Crippen molar-refractivity contribution in [1.29, 1.82) is 0 Å². The molecule has 16 heavy (non-hydrogen) atoms. The van der Waals surface area contributed by atoms with Gasteiger partial charge in [-0.2, -0.15) is 0 Å². The highest BCUT2D eigenvalue weighted by Gasteiger charge is 2.30. The highest BCUT2D eigenvalue weighted by Crippen LogP contribution is 2.26. The number of carbonyl (C=O) groups excluding carboxylic acids is 1. The molecule has 0 saturated heterocycles. The second-order valence-electron chi connectivity index (χ2n) is 4.02. The lowest BCUT2D eigenvalue weighted by atomic mass is 10.0. The molecule has 1 aromatic heterocycles. The molecule has 0 spiro atoms. The van der Waals surface area contributed by atoms with Gasteiger partial charge in [-0.15, -0.1) is 0 Å². The number of amides is 1. The number of carbonyl (C=O) groups is 1. The summed E-state index contributed by atoms with van der Waals surface area (Å²) in [6, 6.07) is 3.64. The Hall–Kier alpha value is -0.940. The SMILES string of the molecule is NC1CCCC1C(=O)Nc1ncccc1Br. The van der Waals surface area contributed by atoms with E-state index in [4.69, 9.17) is 5.73 Å². The van der Waals surface area contributed by atoms with Crippen molar-refractivity contribution in [3.63, 3.8) is 0 Å². The van der Waals surface area contributed by atoms with Crippen LogP contribution in [0.25, 0.3) is 0 Å². The van der Waals surface area contributed by atoms with Crippen LogP contribution in [-0.4, -0.2) is 16.9 Å². The van der Waals surface area contributed by atoms with Gasteiger partial charge in [0.05, 0.1) is 10.4 Å². The molecule has 0 radical (unpaired) electrons. The number of pyridine rings is 1. The Morgan fingerprint density at radius 2 is 2.38 bits per heavy atom. The van der Waals surface area contributed by atoms with E-state index in [1.807, 2.05) is 6.07 Å². The van der Waals surface area contributed by atoms with Crippen LogP contribution in [0.3, 0.4) is 0 Å². The van der Waals surface area contributed by atoms with E-state index in [-0.39, 0.29) is 17.9 Å². The minimum absolute atomic E-state index is 0.0116. The molecule has 5 heteroatoms. The summed E-state index contributed by atoms with van der Waals surface area (Å²) in [5.74, 6) is 0.463. The summed E-state index contributed by atoms with van der Waals surface area (Å²) in [6.45, 7) is 0. The van der Waals surface area contributed by atoms with Gasteiger partial charge in [0.2, 0.25) is 5.91 Å². The summed E-state index contributed by atoms with van der Waals surface area (Å²) in [7, 11) is 0. The fourth-order valence-corrected chi connectivity index (χ4v) is 2.36. The predicted molar refractivity (Wildman–Crippen MR) is 65.9 cm³/mol. The number of anilines is 1. The maximum absolute atomic E-state index is 11.9. The highest BCUT2D eigenvalue weighted by molar-refractivity contribution is 9.10. The van der Waals surface area contributed by atoms with Crippen molar-refractivity contribution < 1.29 is 4.79 Å². The van der Waals surface area contributed by atoms with Crippen LogP contribution in [0.2, 0.25) is 0 Å². The molecule has 2 unspecified atom stereocenters. The van der Waals surface area contributed by atoms with Gasteiger partial charge < -0.3 is 11.1 Å². The van der Waals surface area contributed by atoms with Crippen LogP contribution in [0.1, 0.15) is 19.3 Å². The van der Waals surface area contributed by atoms with Crippen molar-refractivity contribution in [3.8, 4) is 0 Å². The molecule has 3 N–H and O–H groups in total. The third-order valence-corrected chi connectivity index (χ3v) is 3.55. The number of nitrogens with one attached hydrogen (secondary N) is 1. The molecular formula is C11H14BrN3O. The first kappa shape index (κ1) is 11.5. The number of hydrogen-bond acceptors (Lipinski definition) is 3. The molecule has 0 aliphatic heterocycles. The maximum Gasteiger partial charge on any atom is 0.230 e. The van der Waals surface area contributed by atoms with E-state index in [1.165, 1.54) is 0 Å². The van der Waals surface area contributed by atoms with E-state index < -0.39 is 0 Å². The number of rotatable bonds is 2. The number of nitrogens with two attached hydrogens (primary N) is 1. The van der Waals surface area contributed by atoms with Gasteiger partial charge in [-0.25, -0.2) is 4.98 Å². The highest BCUT2D eigenvalue weighted by atomic mass is 79.9. The van der Waals surface area contributed by atoms with Gasteiger partial charge >= 0.3 is 0 Å². The second-order valence-corrected chi connectivity index (χ2v) is 4.88. The third kappa shape index (κ3) is 2.41.